The average molecular weight is 425 g/mol. The third-order valence-corrected chi connectivity index (χ3v) is 8.35. The van der Waals surface area contributed by atoms with E-state index in [4.69, 9.17) is 4.74 Å². The van der Waals surface area contributed by atoms with Crippen molar-refractivity contribution in [2.75, 3.05) is 19.7 Å². The first-order chi connectivity index (χ1) is 15.0. The van der Waals surface area contributed by atoms with Crippen molar-refractivity contribution in [2.24, 2.45) is 23.2 Å². The van der Waals surface area contributed by atoms with Gasteiger partial charge in [-0.3, -0.25) is 9.59 Å². The van der Waals surface area contributed by atoms with Gasteiger partial charge in [0.15, 0.2) is 6.61 Å². The number of amides is 2. The van der Waals surface area contributed by atoms with E-state index >= 15 is 0 Å². The second-order valence-electron chi connectivity index (χ2n) is 10.6. The number of piperidine rings is 1. The molecule has 0 atom stereocenters. The number of nitrogens with zero attached hydrogens (tertiary/aromatic N) is 1. The van der Waals surface area contributed by atoms with Crippen LogP contribution in [0.5, 0.6) is 5.75 Å². The van der Waals surface area contributed by atoms with Crippen LogP contribution in [0.25, 0.3) is 0 Å². The van der Waals surface area contributed by atoms with Gasteiger partial charge >= 0.3 is 0 Å². The largest absolute Gasteiger partial charge is 0.483 e. The molecule has 1 N–H and O–H groups in total. The number of aryl methyl sites for hydroxylation is 1. The normalized spacial score (nSPS) is 32.2. The lowest BCUT2D eigenvalue weighted by atomic mass is 9.49. The number of carbonyl (C=O) groups excluding carboxylic acids is 2. The van der Waals surface area contributed by atoms with Crippen molar-refractivity contribution in [1.82, 2.24) is 10.2 Å². The number of para-hydroxylation sites is 1. The van der Waals surface area contributed by atoms with Crippen LogP contribution in [0, 0.1) is 23.2 Å². The van der Waals surface area contributed by atoms with E-state index < -0.39 is 0 Å². The topological polar surface area (TPSA) is 58.6 Å². The number of carbonyl (C=O) groups is 2. The summed E-state index contributed by atoms with van der Waals surface area (Å²) in [5.41, 5.74) is 1.07. The van der Waals surface area contributed by atoms with Crippen LogP contribution in [0.15, 0.2) is 24.3 Å². The third kappa shape index (κ3) is 4.20. The van der Waals surface area contributed by atoms with E-state index in [1.54, 1.807) is 0 Å². The molecular weight excluding hydrogens is 388 g/mol. The lowest BCUT2D eigenvalue weighted by Gasteiger charge is -2.57. The lowest BCUT2D eigenvalue weighted by molar-refractivity contribution is -0.158. The maximum Gasteiger partial charge on any atom is 0.258 e. The molecule has 1 heterocycles. The third-order valence-electron chi connectivity index (χ3n) is 8.35. The van der Waals surface area contributed by atoms with Crippen LogP contribution in [-0.2, 0) is 16.0 Å². The van der Waals surface area contributed by atoms with Gasteiger partial charge in [-0.15, -0.1) is 0 Å². The SMILES string of the molecule is CCc1ccccc1OCC(=O)NC1CCN(C(=O)C23CC4CC(CC(C4)C2)C3)CC1. The zero-order chi connectivity index (χ0) is 21.4. The number of hydrogen-bond donors (Lipinski definition) is 1. The zero-order valence-corrected chi connectivity index (χ0v) is 18.8. The quantitative estimate of drug-likeness (QED) is 0.752. The highest BCUT2D eigenvalue weighted by Crippen LogP contribution is 2.60. The monoisotopic (exact) mass is 424 g/mol. The Labute approximate surface area is 185 Å². The Hall–Kier alpha value is -2.04. The zero-order valence-electron chi connectivity index (χ0n) is 18.8. The molecule has 31 heavy (non-hydrogen) atoms. The van der Waals surface area contributed by atoms with Gasteiger partial charge in [0.2, 0.25) is 5.91 Å². The Morgan fingerprint density at radius 2 is 1.65 bits per heavy atom. The van der Waals surface area contributed by atoms with Crippen molar-refractivity contribution < 1.29 is 14.3 Å². The van der Waals surface area contributed by atoms with E-state index in [-0.39, 0.29) is 24.0 Å². The van der Waals surface area contributed by atoms with Gasteiger partial charge in [0.05, 0.1) is 5.41 Å². The smallest absolute Gasteiger partial charge is 0.258 e. The Morgan fingerprint density at radius 1 is 1.03 bits per heavy atom. The van der Waals surface area contributed by atoms with Crippen LogP contribution < -0.4 is 10.1 Å². The molecule has 2 amide bonds. The van der Waals surface area contributed by atoms with Gasteiger partial charge in [0, 0.05) is 19.1 Å². The first-order valence-electron chi connectivity index (χ1n) is 12.3. The fourth-order valence-corrected chi connectivity index (χ4v) is 7.28. The molecule has 5 heteroatoms. The molecule has 168 valence electrons. The Kier molecular flexibility index (Phi) is 5.70. The Bertz CT molecular complexity index is 792. The van der Waals surface area contributed by atoms with Crippen LogP contribution in [0.3, 0.4) is 0 Å². The maximum atomic E-state index is 13.5. The molecule has 0 aromatic heterocycles. The van der Waals surface area contributed by atoms with Crippen LogP contribution in [0.2, 0.25) is 0 Å². The minimum atomic E-state index is -0.0724. The van der Waals surface area contributed by atoms with Crippen LogP contribution in [0.4, 0.5) is 0 Å². The molecule has 5 nitrogen and oxygen atoms in total. The predicted molar refractivity (Wildman–Crippen MR) is 120 cm³/mol. The molecule has 1 aromatic carbocycles. The summed E-state index contributed by atoms with van der Waals surface area (Å²) in [6.07, 6.45) is 10.1. The first-order valence-corrected chi connectivity index (χ1v) is 12.3. The standard InChI is InChI=1S/C26H36N2O3/c1-2-21-5-3-4-6-23(21)31-17-24(29)27-22-7-9-28(10-8-22)25(30)26-14-18-11-19(15-26)13-20(12-18)16-26/h3-6,18-20,22H,2,7-17H2,1H3,(H,27,29). The summed E-state index contributed by atoms with van der Waals surface area (Å²) in [7, 11) is 0. The van der Waals surface area contributed by atoms with Crippen LogP contribution >= 0.6 is 0 Å². The van der Waals surface area contributed by atoms with Crippen molar-refractivity contribution in [3.8, 4) is 5.75 Å². The number of rotatable bonds is 6. The molecule has 5 fully saturated rings. The first kappa shape index (κ1) is 20.8. The van der Waals surface area contributed by atoms with Gasteiger partial charge in [-0.1, -0.05) is 25.1 Å². The highest BCUT2D eigenvalue weighted by atomic mass is 16.5. The predicted octanol–water partition coefficient (Wildman–Crippen LogP) is 3.95. The minimum absolute atomic E-state index is 0.0451. The molecule has 4 bridgehead atoms. The summed E-state index contributed by atoms with van der Waals surface area (Å²) in [5.74, 6) is 3.53. The van der Waals surface area contributed by atoms with E-state index in [1.807, 2.05) is 24.3 Å². The highest BCUT2D eigenvalue weighted by molar-refractivity contribution is 5.83. The van der Waals surface area contributed by atoms with E-state index in [0.717, 1.165) is 80.7 Å². The number of likely N-dealkylation sites (tertiary alicyclic amines) is 1. The number of benzene rings is 1. The van der Waals surface area contributed by atoms with Gasteiger partial charge in [-0.05, 0) is 87.2 Å². The average Bonchev–Trinajstić information content (AvgIpc) is 2.77. The molecule has 1 saturated heterocycles. The summed E-state index contributed by atoms with van der Waals surface area (Å²) >= 11 is 0. The van der Waals surface area contributed by atoms with Crippen LogP contribution in [-0.4, -0.2) is 42.5 Å². The fourth-order valence-electron chi connectivity index (χ4n) is 7.28. The molecule has 1 aliphatic heterocycles. The molecular formula is C26H36N2O3. The van der Waals surface area contributed by atoms with E-state index in [1.165, 1.54) is 19.3 Å². The summed E-state index contributed by atoms with van der Waals surface area (Å²) in [6.45, 7) is 3.67. The molecule has 6 rings (SSSR count). The van der Waals surface area contributed by atoms with Crippen molar-refractivity contribution in [2.45, 2.75) is 70.8 Å². The van der Waals surface area contributed by atoms with Crippen molar-refractivity contribution in [3.63, 3.8) is 0 Å². The number of hydrogen-bond acceptors (Lipinski definition) is 3. The molecule has 5 aliphatic rings. The number of ether oxygens (including phenoxy) is 1. The van der Waals surface area contributed by atoms with Crippen molar-refractivity contribution in [1.29, 1.82) is 0 Å². The van der Waals surface area contributed by atoms with Gasteiger partial charge in [-0.25, -0.2) is 0 Å². The summed E-state index contributed by atoms with van der Waals surface area (Å²) < 4.78 is 5.75. The molecule has 4 saturated carbocycles. The van der Waals surface area contributed by atoms with Crippen LogP contribution in [0.1, 0.15) is 63.9 Å². The second kappa shape index (κ2) is 8.48. The fraction of sp³-hybridized carbons (Fsp3) is 0.692. The van der Waals surface area contributed by atoms with Gasteiger partial charge in [-0.2, -0.15) is 0 Å². The molecule has 0 spiro atoms. The van der Waals surface area contributed by atoms with Gasteiger partial charge < -0.3 is 15.0 Å². The van der Waals surface area contributed by atoms with E-state index in [0.29, 0.717) is 5.91 Å². The number of nitrogens with one attached hydrogen (secondary N) is 1. The molecule has 1 aromatic rings. The molecule has 4 aliphatic carbocycles. The maximum absolute atomic E-state index is 13.5. The second-order valence-corrected chi connectivity index (χ2v) is 10.6. The highest BCUT2D eigenvalue weighted by Gasteiger charge is 2.55. The summed E-state index contributed by atoms with van der Waals surface area (Å²) in [5, 5.41) is 3.12. The van der Waals surface area contributed by atoms with Crippen molar-refractivity contribution >= 4 is 11.8 Å². The van der Waals surface area contributed by atoms with Crippen molar-refractivity contribution in [3.05, 3.63) is 29.8 Å². The van der Waals surface area contributed by atoms with Gasteiger partial charge in [0.25, 0.3) is 5.91 Å². The Morgan fingerprint density at radius 3 is 2.26 bits per heavy atom. The Balaban J connectivity index is 1.10. The summed E-state index contributed by atoms with van der Waals surface area (Å²) in [6, 6.07) is 8.01. The molecule has 0 unspecified atom stereocenters. The minimum Gasteiger partial charge on any atom is -0.483 e. The molecule has 0 radical (unpaired) electrons. The van der Waals surface area contributed by atoms with E-state index in [9.17, 15) is 9.59 Å². The lowest BCUT2D eigenvalue weighted by Crippen LogP contribution is -2.57. The van der Waals surface area contributed by atoms with E-state index in [2.05, 4.69) is 17.1 Å². The van der Waals surface area contributed by atoms with Gasteiger partial charge in [0.1, 0.15) is 5.75 Å². The summed E-state index contributed by atoms with van der Waals surface area (Å²) in [4.78, 5) is 28.0.